The first-order valence-corrected chi connectivity index (χ1v) is 10.8. The molecule has 0 aliphatic heterocycles. The van der Waals surface area contributed by atoms with Gasteiger partial charge in [-0.15, -0.1) is 0 Å². The molecule has 3 aromatic heterocycles. The zero-order valence-electron chi connectivity index (χ0n) is 19.0. The van der Waals surface area contributed by atoms with E-state index in [0.29, 0.717) is 0 Å². The van der Waals surface area contributed by atoms with Crippen LogP contribution < -0.4 is 0 Å². The van der Waals surface area contributed by atoms with Gasteiger partial charge in [0.15, 0.2) is 0 Å². The van der Waals surface area contributed by atoms with Gasteiger partial charge in [0.25, 0.3) is 0 Å². The fourth-order valence-electron chi connectivity index (χ4n) is 4.21. The van der Waals surface area contributed by atoms with E-state index in [2.05, 4.69) is 81.8 Å². The lowest BCUT2D eigenvalue weighted by atomic mass is 9.85. The summed E-state index contributed by atoms with van der Waals surface area (Å²) in [6, 6.07) is 6.61. The van der Waals surface area contributed by atoms with Crippen molar-refractivity contribution in [1.82, 2.24) is 20.2 Å². The molecule has 4 nitrogen and oxygen atoms in total. The van der Waals surface area contributed by atoms with Gasteiger partial charge in [-0.1, -0.05) is 41.5 Å². The first-order chi connectivity index (χ1) is 13.5. The quantitative estimate of drug-likeness (QED) is 0.543. The van der Waals surface area contributed by atoms with Crippen LogP contribution >= 0.6 is 0 Å². The first-order valence-electron chi connectivity index (χ1n) is 10.8. The van der Waals surface area contributed by atoms with Gasteiger partial charge in [-0.25, -0.2) is 4.98 Å². The zero-order chi connectivity index (χ0) is 21.0. The molecule has 3 heterocycles. The van der Waals surface area contributed by atoms with E-state index in [-0.39, 0.29) is 10.8 Å². The fraction of sp³-hybridized carbons (Fsp3) is 0.520. The molecule has 0 atom stereocenters. The van der Waals surface area contributed by atoms with Crippen LogP contribution in [0.15, 0.2) is 18.2 Å². The Balaban J connectivity index is 1.88. The number of H-pyrrole nitrogens is 2. The number of nitrogens with zero attached hydrogens (tertiary/aromatic N) is 2. The van der Waals surface area contributed by atoms with Crippen LogP contribution in [0.3, 0.4) is 0 Å². The topological polar surface area (TPSA) is 57.4 Å². The monoisotopic (exact) mass is 390 g/mol. The number of aromatic amines is 2. The normalized spacial score (nSPS) is 14.9. The van der Waals surface area contributed by atoms with Gasteiger partial charge in [0, 0.05) is 16.8 Å². The third kappa shape index (κ3) is 3.77. The Morgan fingerprint density at radius 2 is 1.45 bits per heavy atom. The smallest absolute Gasteiger partial charge is 0.111 e. The molecule has 2 N–H and O–H groups in total. The minimum Gasteiger partial charge on any atom is -0.357 e. The van der Waals surface area contributed by atoms with Gasteiger partial charge >= 0.3 is 0 Å². The minimum absolute atomic E-state index is 0.0331. The van der Waals surface area contributed by atoms with Crippen molar-refractivity contribution in [2.24, 2.45) is 0 Å². The van der Waals surface area contributed by atoms with Gasteiger partial charge in [0.05, 0.1) is 17.1 Å². The lowest BCUT2D eigenvalue weighted by Gasteiger charge is -2.21. The van der Waals surface area contributed by atoms with Crippen LogP contribution in [0.2, 0.25) is 0 Å². The maximum Gasteiger partial charge on any atom is 0.111 e. The highest BCUT2D eigenvalue weighted by Crippen LogP contribution is 2.36. The Kier molecular flexibility index (Phi) is 4.71. The largest absolute Gasteiger partial charge is 0.357 e. The van der Waals surface area contributed by atoms with Crippen molar-refractivity contribution in [2.75, 3.05) is 0 Å². The highest BCUT2D eigenvalue weighted by atomic mass is 15.1. The van der Waals surface area contributed by atoms with Crippen LogP contribution in [-0.2, 0) is 23.7 Å². The summed E-state index contributed by atoms with van der Waals surface area (Å²) in [5, 5.41) is 7.82. The summed E-state index contributed by atoms with van der Waals surface area (Å²) in [4.78, 5) is 8.76. The number of pyridine rings is 1. The molecule has 154 valence electrons. The van der Waals surface area contributed by atoms with Gasteiger partial charge in [0.2, 0.25) is 0 Å². The number of nitrogens with one attached hydrogen (secondary N) is 2. The molecular formula is C25H34N4. The van der Waals surface area contributed by atoms with E-state index < -0.39 is 0 Å². The molecular weight excluding hydrogens is 356 g/mol. The number of aromatic nitrogens is 4. The van der Waals surface area contributed by atoms with Crippen LogP contribution in [-0.4, -0.2) is 20.2 Å². The molecule has 29 heavy (non-hydrogen) atoms. The van der Waals surface area contributed by atoms with E-state index in [4.69, 9.17) is 4.98 Å². The predicted molar refractivity (Wildman–Crippen MR) is 120 cm³/mol. The number of hydrogen-bond acceptors (Lipinski definition) is 2. The first kappa shape index (κ1) is 19.9. The Bertz CT molecular complexity index is 1040. The van der Waals surface area contributed by atoms with Crippen molar-refractivity contribution in [2.45, 2.75) is 85.0 Å². The summed E-state index contributed by atoms with van der Waals surface area (Å²) in [5.41, 5.74) is 10.9. The molecule has 0 fully saturated rings. The predicted octanol–water partition coefficient (Wildman–Crippen LogP) is 6.25. The standard InChI is InChI=1S/C25H34N4/c1-15-17-10-8-9-11-18(17)23(26-15)21-13-16(24(2,3)4)12-19(27-21)20-14-22(29-28-20)25(5,6)7/h12-14,26H,8-11H2,1-7H3,(H,28,29). The molecule has 1 aliphatic rings. The molecule has 0 saturated carbocycles. The maximum absolute atomic E-state index is 5.09. The second-order valence-corrected chi connectivity index (χ2v) is 10.6. The molecule has 0 unspecified atom stereocenters. The van der Waals surface area contributed by atoms with Crippen LogP contribution in [0.5, 0.6) is 0 Å². The highest BCUT2D eigenvalue weighted by molar-refractivity contribution is 5.69. The van der Waals surface area contributed by atoms with E-state index in [1.165, 1.54) is 47.3 Å². The summed E-state index contributed by atoms with van der Waals surface area (Å²) in [6.07, 6.45) is 4.87. The molecule has 0 amide bonds. The lowest BCUT2D eigenvalue weighted by Crippen LogP contribution is -2.12. The van der Waals surface area contributed by atoms with E-state index in [1.54, 1.807) is 0 Å². The Morgan fingerprint density at radius 3 is 2.07 bits per heavy atom. The Labute approximate surface area is 174 Å². The third-order valence-electron chi connectivity index (χ3n) is 6.13. The van der Waals surface area contributed by atoms with Crippen LogP contribution in [0.1, 0.15) is 82.5 Å². The van der Waals surface area contributed by atoms with Gasteiger partial charge in [0.1, 0.15) is 5.69 Å². The van der Waals surface area contributed by atoms with Crippen LogP contribution in [0.4, 0.5) is 0 Å². The Hall–Kier alpha value is -2.36. The molecule has 1 aliphatic carbocycles. The van der Waals surface area contributed by atoms with Gasteiger partial charge < -0.3 is 4.98 Å². The SMILES string of the molecule is Cc1[nH]c(-c2cc(C(C)(C)C)cc(-c3cc(C(C)(C)C)[nH]n3)n2)c2c1CCCC2. The molecule has 0 radical (unpaired) electrons. The molecule has 3 aromatic rings. The lowest BCUT2D eigenvalue weighted by molar-refractivity contribution is 0.567. The summed E-state index contributed by atoms with van der Waals surface area (Å²) < 4.78 is 0. The summed E-state index contributed by atoms with van der Waals surface area (Å²) in [7, 11) is 0. The molecule has 4 heteroatoms. The van der Waals surface area contributed by atoms with Crippen LogP contribution in [0.25, 0.3) is 22.8 Å². The average Bonchev–Trinajstić information content (AvgIpc) is 3.26. The van der Waals surface area contributed by atoms with E-state index in [1.807, 2.05) is 0 Å². The second-order valence-electron chi connectivity index (χ2n) is 10.6. The maximum atomic E-state index is 5.09. The van der Waals surface area contributed by atoms with Crippen molar-refractivity contribution >= 4 is 0 Å². The summed E-state index contributed by atoms with van der Waals surface area (Å²) in [6.45, 7) is 15.6. The molecule has 4 rings (SSSR count). The third-order valence-corrected chi connectivity index (χ3v) is 6.13. The Morgan fingerprint density at radius 1 is 0.793 bits per heavy atom. The van der Waals surface area contributed by atoms with Gasteiger partial charge in [-0.3, -0.25) is 5.10 Å². The fourth-order valence-corrected chi connectivity index (χ4v) is 4.21. The molecule has 0 spiro atoms. The second kappa shape index (κ2) is 6.86. The van der Waals surface area contributed by atoms with Crippen molar-refractivity contribution in [3.8, 4) is 22.8 Å². The number of hydrogen-bond donors (Lipinski definition) is 2. The number of rotatable bonds is 2. The van der Waals surface area contributed by atoms with Gasteiger partial charge in [-0.05, 0) is 72.9 Å². The molecule has 0 aromatic carbocycles. The van der Waals surface area contributed by atoms with Crippen molar-refractivity contribution in [3.05, 3.63) is 46.3 Å². The molecule has 0 bridgehead atoms. The zero-order valence-corrected chi connectivity index (χ0v) is 19.0. The van der Waals surface area contributed by atoms with Crippen LogP contribution in [0, 0.1) is 6.92 Å². The summed E-state index contributed by atoms with van der Waals surface area (Å²) in [5.74, 6) is 0. The van der Waals surface area contributed by atoms with Crippen molar-refractivity contribution in [3.63, 3.8) is 0 Å². The van der Waals surface area contributed by atoms with Crippen molar-refractivity contribution in [1.29, 1.82) is 0 Å². The van der Waals surface area contributed by atoms with Gasteiger partial charge in [-0.2, -0.15) is 5.10 Å². The number of fused-ring (bicyclic) bond motifs is 1. The van der Waals surface area contributed by atoms with E-state index >= 15 is 0 Å². The van der Waals surface area contributed by atoms with E-state index in [9.17, 15) is 0 Å². The minimum atomic E-state index is 0.0331. The van der Waals surface area contributed by atoms with Crippen molar-refractivity contribution < 1.29 is 0 Å². The molecule has 0 saturated heterocycles. The average molecular weight is 391 g/mol. The summed E-state index contributed by atoms with van der Waals surface area (Å²) >= 11 is 0. The highest BCUT2D eigenvalue weighted by Gasteiger charge is 2.24. The van der Waals surface area contributed by atoms with E-state index in [0.717, 1.165) is 29.2 Å². The number of aryl methyl sites for hydroxylation is 1.